The fraction of sp³-hybridized carbons (Fsp3) is 0.409. The van der Waals surface area contributed by atoms with Crippen LogP contribution in [0.4, 0.5) is 0 Å². The van der Waals surface area contributed by atoms with Crippen molar-refractivity contribution in [3.05, 3.63) is 47.5 Å². The van der Waals surface area contributed by atoms with Crippen molar-refractivity contribution >= 4 is 0 Å². The SMILES string of the molecule is COc1ccc(C#N)cc1-c1ccc(OC2OC(CO)C(O)C(O)C2(C)O)c(C)c1. The van der Waals surface area contributed by atoms with Gasteiger partial charge in [-0.2, -0.15) is 5.26 Å². The van der Waals surface area contributed by atoms with Crippen LogP contribution in [-0.2, 0) is 4.74 Å². The third-order valence-corrected chi connectivity index (χ3v) is 5.31. The number of ether oxygens (including phenoxy) is 3. The number of methoxy groups -OCH3 is 1. The Morgan fingerprint density at radius 3 is 2.47 bits per heavy atom. The number of nitriles is 1. The van der Waals surface area contributed by atoms with E-state index >= 15 is 0 Å². The molecule has 1 heterocycles. The second-order valence-electron chi connectivity index (χ2n) is 7.48. The summed E-state index contributed by atoms with van der Waals surface area (Å²) in [6.07, 6.45) is -5.42. The van der Waals surface area contributed by atoms with Crippen molar-refractivity contribution in [2.24, 2.45) is 0 Å². The first kappa shape index (κ1) is 22.0. The number of hydrogen-bond acceptors (Lipinski definition) is 8. The summed E-state index contributed by atoms with van der Waals surface area (Å²) >= 11 is 0. The lowest BCUT2D eigenvalue weighted by molar-refractivity contribution is -0.314. The molecule has 1 saturated heterocycles. The smallest absolute Gasteiger partial charge is 0.231 e. The van der Waals surface area contributed by atoms with Gasteiger partial charge in [0.2, 0.25) is 6.29 Å². The quantitative estimate of drug-likeness (QED) is 0.571. The summed E-state index contributed by atoms with van der Waals surface area (Å²) in [7, 11) is 1.55. The number of aliphatic hydroxyl groups excluding tert-OH is 3. The van der Waals surface area contributed by atoms with Gasteiger partial charge in [-0.1, -0.05) is 6.07 Å². The van der Waals surface area contributed by atoms with E-state index in [2.05, 4.69) is 6.07 Å². The normalized spacial score (nSPS) is 28.6. The molecule has 0 amide bonds. The van der Waals surface area contributed by atoms with Gasteiger partial charge in [0.05, 0.1) is 25.3 Å². The number of hydrogen-bond donors (Lipinski definition) is 4. The van der Waals surface area contributed by atoms with Crippen molar-refractivity contribution in [2.75, 3.05) is 13.7 Å². The molecular weight excluding hydrogens is 390 g/mol. The molecule has 3 rings (SSSR count). The molecule has 1 aliphatic heterocycles. The van der Waals surface area contributed by atoms with E-state index in [-0.39, 0.29) is 0 Å². The molecule has 5 atom stereocenters. The average Bonchev–Trinajstić information content (AvgIpc) is 2.75. The molecule has 8 nitrogen and oxygen atoms in total. The summed E-state index contributed by atoms with van der Waals surface area (Å²) in [4.78, 5) is 0. The number of aliphatic hydroxyl groups is 4. The van der Waals surface area contributed by atoms with Gasteiger partial charge < -0.3 is 34.6 Å². The molecule has 2 aromatic carbocycles. The maximum atomic E-state index is 10.6. The molecule has 0 saturated carbocycles. The third-order valence-electron chi connectivity index (χ3n) is 5.31. The highest BCUT2D eigenvalue weighted by molar-refractivity contribution is 5.73. The maximum Gasteiger partial charge on any atom is 0.231 e. The van der Waals surface area contributed by atoms with Crippen molar-refractivity contribution in [3.63, 3.8) is 0 Å². The molecule has 30 heavy (non-hydrogen) atoms. The molecular formula is C22H25NO7. The molecule has 8 heteroatoms. The van der Waals surface area contributed by atoms with Gasteiger partial charge in [-0.25, -0.2) is 0 Å². The van der Waals surface area contributed by atoms with Gasteiger partial charge in [-0.15, -0.1) is 0 Å². The van der Waals surface area contributed by atoms with E-state index in [4.69, 9.17) is 14.2 Å². The summed E-state index contributed by atoms with van der Waals surface area (Å²) < 4.78 is 16.7. The van der Waals surface area contributed by atoms with Crippen molar-refractivity contribution in [1.82, 2.24) is 0 Å². The lowest BCUT2D eigenvalue weighted by atomic mass is 9.88. The van der Waals surface area contributed by atoms with Crippen LogP contribution in [0.2, 0.25) is 0 Å². The van der Waals surface area contributed by atoms with Gasteiger partial charge in [0.15, 0.2) is 5.60 Å². The second kappa shape index (κ2) is 8.60. The lowest BCUT2D eigenvalue weighted by Crippen LogP contribution is -2.66. The Morgan fingerprint density at radius 2 is 1.87 bits per heavy atom. The highest BCUT2D eigenvalue weighted by atomic mass is 16.7. The molecule has 1 fully saturated rings. The van der Waals surface area contributed by atoms with E-state index < -0.39 is 36.8 Å². The molecule has 0 aromatic heterocycles. The summed E-state index contributed by atoms with van der Waals surface area (Å²) in [5, 5.41) is 49.4. The molecule has 0 bridgehead atoms. The van der Waals surface area contributed by atoms with Crippen LogP contribution < -0.4 is 9.47 Å². The van der Waals surface area contributed by atoms with Gasteiger partial charge in [0, 0.05) is 5.56 Å². The van der Waals surface area contributed by atoms with Gasteiger partial charge in [0.1, 0.15) is 29.8 Å². The fourth-order valence-corrected chi connectivity index (χ4v) is 3.43. The zero-order valence-electron chi connectivity index (χ0n) is 16.9. The molecule has 160 valence electrons. The largest absolute Gasteiger partial charge is 0.496 e. The summed E-state index contributed by atoms with van der Waals surface area (Å²) in [6, 6.07) is 12.5. The highest BCUT2D eigenvalue weighted by Gasteiger charge is 2.53. The predicted octanol–water partition coefficient (Wildman–Crippen LogP) is 1.11. The Bertz CT molecular complexity index is 953. The van der Waals surface area contributed by atoms with Gasteiger partial charge in [-0.05, 0) is 55.3 Å². The number of nitrogens with zero attached hydrogens (tertiary/aromatic N) is 1. The van der Waals surface area contributed by atoms with Crippen molar-refractivity contribution in [1.29, 1.82) is 5.26 Å². The third kappa shape index (κ3) is 3.99. The molecule has 2 aromatic rings. The maximum absolute atomic E-state index is 10.6. The molecule has 0 radical (unpaired) electrons. The Morgan fingerprint density at radius 1 is 1.17 bits per heavy atom. The minimum atomic E-state index is -1.90. The molecule has 4 N–H and O–H groups in total. The van der Waals surface area contributed by atoms with Crippen LogP contribution in [0.3, 0.4) is 0 Å². The number of aryl methyl sites for hydroxylation is 1. The zero-order chi connectivity index (χ0) is 22.1. The van der Waals surface area contributed by atoms with Crippen molar-refractivity contribution in [2.45, 2.75) is 44.1 Å². The van der Waals surface area contributed by atoms with Gasteiger partial charge >= 0.3 is 0 Å². The molecule has 0 spiro atoms. The average molecular weight is 415 g/mol. The minimum Gasteiger partial charge on any atom is -0.496 e. The van der Waals surface area contributed by atoms with Crippen LogP contribution in [0.1, 0.15) is 18.1 Å². The van der Waals surface area contributed by atoms with E-state index in [1.54, 1.807) is 44.4 Å². The molecule has 5 unspecified atom stereocenters. The van der Waals surface area contributed by atoms with Crippen LogP contribution in [0.15, 0.2) is 36.4 Å². The van der Waals surface area contributed by atoms with Crippen molar-refractivity contribution in [3.8, 4) is 28.7 Å². The monoisotopic (exact) mass is 415 g/mol. The fourth-order valence-electron chi connectivity index (χ4n) is 3.43. The Labute approximate surface area is 174 Å². The van der Waals surface area contributed by atoms with E-state index in [1.165, 1.54) is 6.92 Å². The molecule has 1 aliphatic rings. The number of rotatable bonds is 5. The lowest BCUT2D eigenvalue weighted by Gasteiger charge is -2.45. The van der Waals surface area contributed by atoms with E-state index in [1.807, 2.05) is 6.07 Å². The second-order valence-corrected chi connectivity index (χ2v) is 7.48. The predicted molar refractivity (Wildman–Crippen MR) is 107 cm³/mol. The highest BCUT2D eigenvalue weighted by Crippen LogP contribution is 2.36. The van der Waals surface area contributed by atoms with E-state index in [9.17, 15) is 25.7 Å². The van der Waals surface area contributed by atoms with Crippen LogP contribution >= 0.6 is 0 Å². The standard InChI is InChI=1S/C22H25NO7/c1-12-8-14(15-9-13(10-23)4-6-17(15)28-3)5-7-16(12)29-21-22(2,27)20(26)19(25)18(11-24)30-21/h4-9,18-21,24-27H,11H2,1-3H3. The van der Waals surface area contributed by atoms with Crippen LogP contribution in [-0.4, -0.2) is 64.3 Å². The number of benzene rings is 2. The minimum absolute atomic E-state index is 0.389. The topological polar surface area (TPSA) is 132 Å². The van der Waals surface area contributed by atoms with Crippen LogP contribution in [0, 0.1) is 18.3 Å². The van der Waals surface area contributed by atoms with E-state index in [0.29, 0.717) is 22.6 Å². The Kier molecular flexibility index (Phi) is 6.31. The van der Waals surface area contributed by atoms with Crippen LogP contribution in [0.5, 0.6) is 11.5 Å². The van der Waals surface area contributed by atoms with Crippen molar-refractivity contribution < 1.29 is 34.6 Å². The summed E-state index contributed by atoms with van der Waals surface area (Å²) in [6.45, 7) is 2.55. The Hall–Kier alpha value is -2.67. The first-order chi connectivity index (χ1) is 14.2. The Balaban J connectivity index is 1.91. The summed E-state index contributed by atoms with van der Waals surface area (Å²) in [5.74, 6) is 1.00. The zero-order valence-corrected chi connectivity index (χ0v) is 16.9. The van der Waals surface area contributed by atoms with E-state index in [0.717, 1.165) is 11.1 Å². The first-order valence-corrected chi connectivity index (χ1v) is 9.43. The summed E-state index contributed by atoms with van der Waals surface area (Å²) in [5.41, 5.74) is 0.843. The van der Waals surface area contributed by atoms with Gasteiger partial charge in [0.25, 0.3) is 0 Å². The van der Waals surface area contributed by atoms with Crippen LogP contribution in [0.25, 0.3) is 11.1 Å². The first-order valence-electron chi connectivity index (χ1n) is 9.43. The molecule has 0 aliphatic carbocycles. The van der Waals surface area contributed by atoms with Gasteiger partial charge in [-0.3, -0.25) is 0 Å².